The smallest absolute Gasteiger partial charge is 0.416 e. The highest BCUT2D eigenvalue weighted by Gasteiger charge is 2.31. The van der Waals surface area contributed by atoms with Crippen LogP contribution in [-0.4, -0.2) is 50.6 Å². The number of carbonyl (C=O) groups is 1. The van der Waals surface area contributed by atoms with Crippen LogP contribution in [0.1, 0.15) is 11.1 Å². The molecule has 1 aliphatic rings. The van der Waals surface area contributed by atoms with Gasteiger partial charge in [0, 0.05) is 30.5 Å². The van der Waals surface area contributed by atoms with E-state index in [0.717, 1.165) is 6.54 Å². The standard InChI is InChI=1S/C24H25F4N7O2/c1-34(2)10-9-30-20-12-17-21(29)35(13-31-22(17)37-20)16-6-4-15(5-7-16)32-23(36)33-19-11-14(24(26,27)28)3-8-18(19)25/h3-8,11-12,29-31H,9-10,13H2,1-2H3,(H2,32,33,36). The quantitative estimate of drug-likeness (QED) is 0.272. The molecule has 1 aliphatic heterocycles. The van der Waals surface area contributed by atoms with Gasteiger partial charge in [-0.25, -0.2) is 9.18 Å². The lowest BCUT2D eigenvalue weighted by Gasteiger charge is -2.29. The van der Waals surface area contributed by atoms with Crippen molar-refractivity contribution in [3.63, 3.8) is 0 Å². The van der Waals surface area contributed by atoms with Crippen molar-refractivity contribution in [1.82, 2.24) is 4.90 Å². The molecular formula is C24H25F4N7O2. The average Bonchev–Trinajstić information content (AvgIpc) is 3.24. The van der Waals surface area contributed by atoms with E-state index in [0.29, 0.717) is 53.5 Å². The van der Waals surface area contributed by atoms with Crippen LogP contribution in [0.5, 0.6) is 0 Å². The van der Waals surface area contributed by atoms with Crippen LogP contribution in [0.3, 0.4) is 0 Å². The molecule has 3 aromatic rings. The number of hydrogen-bond acceptors (Lipinski definition) is 6. The summed E-state index contributed by atoms with van der Waals surface area (Å²) >= 11 is 0. The first-order valence-electron chi connectivity index (χ1n) is 11.2. The molecule has 2 amide bonds. The van der Waals surface area contributed by atoms with Gasteiger partial charge in [0.25, 0.3) is 0 Å². The number of amidine groups is 1. The molecule has 37 heavy (non-hydrogen) atoms. The summed E-state index contributed by atoms with van der Waals surface area (Å²) < 4.78 is 58.3. The summed E-state index contributed by atoms with van der Waals surface area (Å²) in [5, 5.41) is 19.4. The summed E-state index contributed by atoms with van der Waals surface area (Å²) in [6, 6.07) is 9.06. The van der Waals surface area contributed by atoms with Crippen LogP contribution in [0, 0.1) is 11.2 Å². The molecule has 0 atom stereocenters. The summed E-state index contributed by atoms with van der Waals surface area (Å²) in [4.78, 5) is 16.0. The zero-order chi connectivity index (χ0) is 26.7. The molecular weight excluding hydrogens is 494 g/mol. The normalized spacial score (nSPS) is 13.3. The van der Waals surface area contributed by atoms with Gasteiger partial charge in [-0.15, -0.1) is 0 Å². The van der Waals surface area contributed by atoms with E-state index in [9.17, 15) is 22.4 Å². The molecule has 1 aromatic heterocycles. The number of urea groups is 1. The first kappa shape index (κ1) is 25.8. The Morgan fingerprint density at radius 3 is 2.54 bits per heavy atom. The molecule has 9 nitrogen and oxygen atoms in total. The van der Waals surface area contributed by atoms with E-state index in [1.54, 1.807) is 35.2 Å². The number of halogens is 4. The van der Waals surface area contributed by atoms with Crippen LogP contribution in [0.4, 0.5) is 51.2 Å². The van der Waals surface area contributed by atoms with E-state index >= 15 is 0 Å². The van der Waals surface area contributed by atoms with Crippen molar-refractivity contribution < 1.29 is 26.8 Å². The number of fused-ring (bicyclic) bond motifs is 1. The Balaban J connectivity index is 1.38. The van der Waals surface area contributed by atoms with Crippen LogP contribution in [0.15, 0.2) is 52.9 Å². The van der Waals surface area contributed by atoms with Crippen molar-refractivity contribution in [1.29, 1.82) is 5.41 Å². The molecule has 0 aliphatic carbocycles. The van der Waals surface area contributed by atoms with Crippen molar-refractivity contribution >= 4 is 40.7 Å². The second-order valence-corrected chi connectivity index (χ2v) is 8.51. The number of likely N-dealkylation sites (N-methyl/N-ethyl adjacent to an activating group) is 1. The van der Waals surface area contributed by atoms with Crippen LogP contribution >= 0.6 is 0 Å². The second kappa shape index (κ2) is 10.4. The maximum atomic E-state index is 13.9. The molecule has 0 fully saturated rings. The number of alkyl halides is 3. The maximum absolute atomic E-state index is 13.9. The van der Waals surface area contributed by atoms with Crippen molar-refractivity contribution in [2.75, 3.05) is 60.0 Å². The predicted octanol–water partition coefficient (Wildman–Crippen LogP) is 5.27. The minimum absolute atomic E-state index is 0.219. The van der Waals surface area contributed by atoms with E-state index in [-0.39, 0.29) is 12.5 Å². The van der Waals surface area contributed by atoms with E-state index in [1.807, 2.05) is 19.0 Å². The zero-order valence-corrected chi connectivity index (χ0v) is 20.0. The fraction of sp³-hybridized carbons (Fsp3) is 0.250. The van der Waals surface area contributed by atoms with Gasteiger partial charge in [-0.1, -0.05) is 0 Å². The Kier molecular flexibility index (Phi) is 7.25. The third-order valence-corrected chi connectivity index (χ3v) is 5.49. The third-order valence-electron chi connectivity index (χ3n) is 5.49. The Hall–Kier alpha value is -4.26. The van der Waals surface area contributed by atoms with Gasteiger partial charge in [-0.3, -0.25) is 5.41 Å². The Morgan fingerprint density at radius 2 is 1.86 bits per heavy atom. The molecule has 0 saturated carbocycles. The summed E-state index contributed by atoms with van der Waals surface area (Å²) in [7, 11) is 3.93. The highest BCUT2D eigenvalue weighted by Crippen LogP contribution is 2.33. The van der Waals surface area contributed by atoms with Gasteiger partial charge in [0.15, 0.2) is 5.88 Å². The fourth-order valence-electron chi connectivity index (χ4n) is 3.59. The lowest BCUT2D eigenvalue weighted by atomic mass is 10.2. The summed E-state index contributed by atoms with van der Waals surface area (Å²) in [5.74, 6) is 0.264. The molecule has 0 unspecified atom stereocenters. The van der Waals surface area contributed by atoms with Crippen LogP contribution < -0.4 is 26.2 Å². The summed E-state index contributed by atoms with van der Waals surface area (Å²) in [6.07, 6.45) is -4.67. The molecule has 0 saturated heterocycles. The predicted molar refractivity (Wildman–Crippen MR) is 134 cm³/mol. The maximum Gasteiger partial charge on any atom is 0.416 e. The lowest BCUT2D eigenvalue weighted by molar-refractivity contribution is -0.137. The van der Waals surface area contributed by atoms with Gasteiger partial charge < -0.3 is 35.5 Å². The monoisotopic (exact) mass is 519 g/mol. The topological polar surface area (TPSA) is 109 Å². The first-order valence-corrected chi connectivity index (χ1v) is 11.2. The minimum Gasteiger partial charge on any atom is -0.425 e. The van der Waals surface area contributed by atoms with Crippen molar-refractivity contribution in [3.8, 4) is 0 Å². The largest absolute Gasteiger partial charge is 0.425 e. The van der Waals surface area contributed by atoms with E-state index in [4.69, 9.17) is 9.83 Å². The number of anilines is 5. The molecule has 2 aromatic carbocycles. The van der Waals surface area contributed by atoms with Crippen molar-refractivity contribution in [3.05, 3.63) is 65.5 Å². The van der Waals surface area contributed by atoms with Gasteiger partial charge >= 0.3 is 12.2 Å². The van der Waals surface area contributed by atoms with Crippen LogP contribution in [0.25, 0.3) is 0 Å². The Morgan fingerprint density at radius 1 is 1.14 bits per heavy atom. The van der Waals surface area contributed by atoms with E-state index in [2.05, 4.69) is 21.3 Å². The number of furan rings is 1. The number of amides is 2. The molecule has 0 bridgehead atoms. The molecule has 4 rings (SSSR count). The molecule has 0 radical (unpaired) electrons. The number of carbonyl (C=O) groups excluding carboxylic acids is 1. The van der Waals surface area contributed by atoms with Crippen molar-refractivity contribution in [2.45, 2.75) is 6.18 Å². The first-order chi connectivity index (χ1) is 17.5. The summed E-state index contributed by atoms with van der Waals surface area (Å²) in [5.41, 5.74) is -0.113. The number of hydrogen-bond donors (Lipinski definition) is 5. The highest BCUT2D eigenvalue weighted by atomic mass is 19.4. The molecule has 0 spiro atoms. The van der Waals surface area contributed by atoms with E-state index in [1.165, 1.54) is 0 Å². The molecule has 13 heteroatoms. The fourth-order valence-corrected chi connectivity index (χ4v) is 3.59. The van der Waals surface area contributed by atoms with Gasteiger partial charge in [0.2, 0.25) is 5.88 Å². The van der Waals surface area contributed by atoms with Crippen LogP contribution in [0.2, 0.25) is 0 Å². The number of rotatable bonds is 7. The second-order valence-electron chi connectivity index (χ2n) is 8.51. The van der Waals surface area contributed by atoms with Gasteiger partial charge in [0.1, 0.15) is 11.7 Å². The number of nitrogens with zero attached hydrogens (tertiary/aromatic N) is 2. The average molecular weight is 520 g/mol. The van der Waals surface area contributed by atoms with Crippen LogP contribution in [-0.2, 0) is 6.18 Å². The molecule has 5 N–H and O–H groups in total. The third kappa shape index (κ3) is 6.12. The number of benzene rings is 2. The van der Waals surface area contributed by atoms with E-state index < -0.39 is 29.3 Å². The minimum atomic E-state index is -4.67. The summed E-state index contributed by atoms with van der Waals surface area (Å²) in [6.45, 7) is 1.77. The number of nitrogens with one attached hydrogen (secondary N) is 5. The van der Waals surface area contributed by atoms with Crippen molar-refractivity contribution in [2.24, 2.45) is 0 Å². The lowest BCUT2D eigenvalue weighted by Crippen LogP contribution is -2.39. The highest BCUT2D eigenvalue weighted by molar-refractivity contribution is 6.13. The molecule has 196 valence electrons. The molecule has 2 heterocycles. The van der Waals surface area contributed by atoms with Gasteiger partial charge in [-0.05, 0) is 56.6 Å². The Bertz CT molecular complexity index is 1290. The van der Waals surface area contributed by atoms with Gasteiger partial charge in [0.05, 0.1) is 23.5 Å². The Labute approximate surface area is 209 Å². The zero-order valence-electron chi connectivity index (χ0n) is 20.0. The SMILES string of the molecule is CN(C)CCNc1cc2c(o1)NCN(c1ccc(NC(=O)Nc3cc(C(F)(F)F)ccc3F)cc1)C2=N. The van der Waals surface area contributed by atoms with Gasteiger partial charge in [-0.2, -0.15) is 13.2 Å².